The highest BCUT2D eigenvalue weighted by Crippen LogP contribution is 2.48. The quantitative estimate of drug-likeness (QED) is 0.861. The summed E-state index contributed by atoms with van der Waals surface area (Å²) in [7, 11) is 0. The zero-order valence-corrected chi connectivity index (χ0v) is 11.9. The van der Waals surface area contributed by atoms with Crippen LogP contribution in [0, 0.1) is 11.3 Å². The SMILES string of the molecule is O=C(OCc1ccccc1)C1CCCC12CCCNC2. The van der Waals surface area contributed by atoms with Crippen LogP contribution in [0.5, 0.6) is 0 Å². The maximum atomic E-state index is 12.4. The van der Waals surface area contributed by atoms with Crippen molar-refractivity contribution >= 4 is 5.97 Å². The zero-order chi connectivity index (χ0) is 13.8. The molecule has 1 aliphatic heterocycles. The maximum absolute atomic E-state index is 12.4. The Hall–Kier alpha value is -1.35. The minimum atomic E-state index is 0.00931. The van der Waals surface area contributed by atoms with E-state index in [0.29, 0.717) is 6.61 Å². The van der Waals surface area contributed by atoms with Gasteiger partial charge in [-0.1, -0.05) is 36.8 Å². The van der Waals surface area contributed by atoms with Gasteiger partial charge in [0.05, 0.1) is 5.92 Å². The molecule has 2 atom stereocenters. The lowest BCUT2D eigenvalue weighted by Crippen LogP contribution is -2.45. The molecule has 1 saturated carbocycles. The highest BCUT2D eigenvalue weighted by Gasteiger charge is 2.47. The van der Waals surface area contributed by atoms with E-state index in [4.69, 9.17) is 4.74 Å². The molecule has 1 aliphatic carbocycles. The molecule has 0 aromatic heterocycles. The van der Waals surface area contributed by atoms with Crippen molar-refractivity contribution in [2.24, 2.45) is 11.3 Å². The first-order chi connectivity index (χ1) is 9.80. The molecule has 3 rings (SSSR count). The van der Waals surface area contributed by atoms with Gasteiger partial charge in [-0.05, 0) is 43.2 Å². The fraction of sp³-hybridized carbons (Fsp3) is 0.588. The highest BCUT2D eigenvalue weighted by atomic mass is 16.5. The number of rotatable bonds is 3. The smallest absolute Gasteiger partial charge is 0.309 e. The number of carbonyl (C=O) groups is 1. The van der Waals surface area contributed by atoms with Gasteiger partial charge < -0.3 is 10.1 Å². The summed E-state index contributed by atoms with van der Waals surface area (Å²) in [6, 6.07) is 9.93. The molecule has 3 heteroatoms. The summed E-state index contributed by atoms with van der Waals surface area (Å²) in [5, 5.41) is 3.47. The zero-order valence-electron chi connectivity index (χ0n) is 11.9. The lowest BCUT2D eigenvalue weighted by Gasteiger charge is -2.38. The second kappa shape index (κ2) is 5.96. The molecule has 1 saturated heterocycles. The summed E-state index contributed by atoms with van der Waals surface area (Å²) in [6.07, 6.45) is 5.68. The van der Waals surface area contributed by atoms with Crippen molar-refractivity contribution in [2.75, 3.05) is 13.1 Å². The van der Waals surface area contributed by atoms with E-state index in [-0.39, 0.29) is 17.3 Å². The van der Waals surface area contributed by atoms with Crippen LogP contribution >= 0.6 is 0 Å². The van der Waals surface area contributed by atoms with Crippen LogP contribution in [0.25, 0.3) is 0 Å². The van der Waals surface area contributed by atoms with Crippen LogP contribution in [0.2, 0.25) is 0 Å². The van der Waals surface area contributed by atoms with Gasteiger partial charge in [-0.25, -0.2) is 0 Å². The van der Waals surface area contributed by atoms with E-state index in [9.17, 15) is 4.79 Å². The first-order valence-corrected chi connectivity index (χ1v) is 7.71. The third-order valence-corrected chi connectivity index (χ3v) is 4.92. The summed E-state index contributed by atoms with van der Waals surface area (Å²) < 4.78 is 5.57. The van der Waals surface area contributed by atoms with Gasteiger partial charge in [0.1, 0.15) is 6.61 Å². The van der Waals surface area contributed by atoms with Crippen molar-refractivity contribution in [2.45, 2.75) is 38.7 Å². The van der Waals surface area contributed by atoms with Gasteiger partial charge >= 0.3 is 5.97 Å². The third kappa shape index (κ3) is 2.73. The molecule has 1 aromatic carbocycles. The molecule has 1 N–H and O–H groups in total. The number of hydrogen-bond acceptors (Lipinski definition) is 3. The van der Waals surface area contributed by atoms with Crippen LogP contribution in [0.4, 0.5) is 0 Å². The Morgan fingerprint density at radius 1 is 1.25 bits per heavy atom. The molecular formula is C17H23NO2. The van der Waals surface area contributed by atoms with Crippen molar-refractivity contribution in [3.63, 3.8) is 0 Å². The van der Waals surface area contributed by atoms with Gasteiger partial charge in [0.25, 0.3) is 0 Å². The van der Waals surface area contributed by atoms with Crippen LogP contribution in [0.15, 0.2) is 30.3 Å². The second-order valence-corrected chi connectivity index (χ2v) is 6.18. The average molecular weight is 273 g/mol. The average Bonchev–Trinajstić information content (AvgIpc) is 2.90. The Morgan fingerprint density at radius 3 is 2.80 bits per heavy atom. The van der Waals surface area contributed by atoms with Crippen LogP contribution < -0.4 is 5.32 Å². The second-order valence-electron chi connectivity index (χ2n) is 6.18. The predicted octanol–water partition coefficient (Wildman–Crippen LogP) is 2.90. The fourth-order valence-corrected chi connectivity index (χ4v) is 3.84. The minimum absolute atomic E-state index is 0.00931. The van der Waals surface area contributed by atoms with Crippen LogP contribution in [-0.4, -0.2) is 19.1 Å². The number of benzene rings is 1. The van der Waals surface area contributed by atoms with Gasteiger partial charge in [0.2, 0.25) is 0 Å². The third-order valence-electron chi connectivity index (χ3n) is 4.92. The topological polar surface area (TPSA) is 38.3 Å². The molecule has 0 bridgehead atoms. The Labute approximate surface area is 120 Å². The van der Waals surface area contributed by atoms with Crippen LogP contribution in [-0.2, 0) is 16.1 Å². The van der Waals surface area contributed by atoms with Crippen molar-refractivity contribution in [1.82, 2.24) is 5.32 Å². The summed E-state index contributed by atoms with van der Waals surface area (Å²) >= 11 is 0. The van der Waals surface area contributed by atoms with E-state index in [0.717, 1.165) is 31.5 Å². The summed E-state index contributed by atoms with van der Waals surface area (Å²) in [6.45, 7) is 2.48. The molecule has 1 aromatic rings. The fourth-order valence-electron chi connectivity index (χ4n) is 3.84. The van der Waals surface area contributed by atoms with E-state index < -0.39 is 0 Å². The van der Waals surface area contributed by atoms with E-state index in [1.165, 1.54) is 19.3 Å². The number of nitrogens with one attached hydrogen (secondary N) is 1. The lowest BCUT2D eigenvalue weighted by atomic mass is 9.72. The Kier molecular flexibility index (Phi) is 4.06. The number of hydrogen-bond donors (Lipinski definition) is 1. The molecular weight excluding hydrogens is 250 g/mol. The first kappa shape index (κ1) is 13.6. The molecule has 0 amide bonds. The summed E-state index contributed by atoms with van der Waals surface area (Å²) in [4.78, 5) is 12.4. The monoisotopic (exact) mass is 273 g/mol. The summed E-state index contributed by atoms with van der Waals surface area (Å²) in [5.41, 5.74) is 1.24. The van der Waals surface area contributed by atoms with Gasteiger partial charge in [0.15, 0.2) is 0 Å². The number of piperidine rings is 1. The van der Waals surface area contributed by atoms with Gasteiger partial charge in [-0.3, -0.25) is 4.79 Å². The standard InChI is InChI=1S/C17H23NO2/c19-16(20-12-14-6-2-1-3-7-14)15-8-4-9-17(15)10-5-11-18-13-17/h1-3,6-7,15,18H,4-5,8-13H2. The Morgan fingerprint density at radius 2 is 2.05 bits per heavy atom. The molecule has 2 fully saturated rings. The largest absolute Gasteiger partial charge is 0.461 e. The normalized spacial score (nSPS) is 29.5. The maximum Gasteiger partial charge on any atom is 0.309 e. The van der Waals surface area contributed by atoms with Gasteiger partial charge in [0, 0.05) is 6.54 Å². The molecule has 20 heavy (non-hydrogen) atoms. The molecule has 1 heterocycles. The Bertz CT molecular complexity index is 451. The number of ether oxygens (including phenoxy) is 1. The van der Waals surface area contributed by atoms with Crippen LogP contribution in [0.1, 0.15) is 37.7 Å². The van der Waals surface area contributed by atoms with Crippen molar-refractivity contribution < 1.29 is 9.53 Å². The van der Waals surface area contributed by atoms with Crippen molar-refractivity contribution in [1.29, 1.82) is 0 Å². The van der Waals surface area contributed by atoms with E-state index >= 15 is 0 Å². The molecule has 1 spiro atoms. The molecule has 3 nitrogen and oxygen atoms in total. The molecule has 108 valence electrons. The summed E-state index contributed by atoms with van der Waals surface area (Å²) in [5.74, 6) is 0.106. The highest BCUT2D eigenvalue weighted by molar-refractivity contribution is 5.74. The number of esters is 1. The Balaban J connectivity index is 1.61. The first-order valence-electron chi connectivity index (χ1n) is 7.71. The minimum Gasteiger partial charge on any atom is -0.461 e. The lowest BCUT2D eigenvalue weighted by molar-refractivity contribution is -0.154. The van der Waals surface area contributed by atoms with Crippen molar-refractivity contribution in [3.05, 3.63) is 35.9 Å². The molecule has 2 aliphatic rings. The molecule has 2 unspecified atom stereocenters. The van der Waals surface area contributed by atoms with E-state index in [1.807, 2.05) is 30.3 Å². The van der Waals surface area contributed by atoms with Crippen LogP contribution in [0.3, 0.4) is 0 Å². The van der Waals surface area contributed by atoms with Gasteiger partial charge in [-0.2, -0.15) is 0 Å². The predicted molar refractivity (Wildman–Crippen MR) is 78.1 cm³/mol. The van der Waals surface area contributed by atoms with E-state index in [1.54, 1.807) is 0 Å². The molecule has 0 radical (unpaired) electrons. The number of carbonyl (C=O) groups excluding carboxylic acids is 1. The van der Waals surface area contributed by atoms with Crippen molar-refractivity contribution in [3.8, 4) is 0 Å². The van der Waals surface area contributed by atoms with Gasteiger partial charge in [-0.15, -0.1) is 0 Å². The van der Waals surface area contributed by atoms with E-state index in [2.05, 4.69) is 5.32 Å².